The lowest BCUT2D eigenvalue weighted by molar-refractivity contribution is -0.159. The monoisotopic (exact) mass is 233 g/mol. The van der Waals surface area contributed by atoms with E-state index in [1.54, 1.807) is 0 Å². The Balaban J connectivity index is 1.72. The van der Waals surface area contributed by atoms with Crippen LogP contribution >= 0.6 is 0 Å². The Morgan fingerprint density at radius 2 is 2.06 bits per heavy atom. The van der Waals surface area contributed by atoms with Gasteiger partial charge in [-0.3, -0.25) is 4.79 Å². The normalized spacial score (nSPS) is 34.6. The van der Waals surface area contributed by atoms with Crippen LogP contribution in [-0.4, -0.2) is 27.8 Å². The second kappa shape index (κ2) is 3.47. The Labute approximate surface area is 99.3 Å². The standard InChI is InChI=1S/C13H15NO3/c15-12(16)9-6-13(17,7-9)11-5-8-3-1-2-4-10(8)14-11/h1-4,9,11,14,17H,5-7H2,(H,15,16). The molecule has 1 aromatic carbocycles. The molecule has 3 N–H and O–H groups in total. The van der Waals surface area contributed by atoms with Crippen LogP contribution < -0.4 is 5.32 Å². The number of nitrogens with one attached hydrogen (secondary N) is 1. The largest absolute Gasteiger partial charge is 0.481 e. The van der Waals surface area contributed by atoms with Crippen LogP contribution in [0.4, 0.5) is 5.69 Å². The molecule has 1 fully saturated rings. The van der Waals surface area contributed by atoms with Crippen molar-refractivity contribution in [2.24, 2.45) is 5.92 Å². The van der Waals surface area contributed by atoms with Crippen molar-refractivity contribution in [1.29, 1.82) is 0 Å². The maximum absolute atomic E-state index is 10.8. The van der Waals surface area contributed by atoms with Crippen molar-refractivity contribution in [3.8, 4) is 0 Å². The van der Waals surface area contributed by atoms with E-state index in [4.69, 9.17) is 5.11 Å². The van der Waals surface area contributed by atoms with Gasteiger partial charge < -0.3 is 15.5 Å². The van der Waals surface area contributed by atoms with Crippen molar-refractivity contribution in [1.82, 2.24) is 0 Å². The van der Waals surface area contributed by atoms with Gasteiger partial charge in [0, 0.05) is 5.69 Å². The zero-order valence-electron chi connectivity index (χ0n) is 9.39. The van der Waals surface area contributed by atoms with Crippen LogP contribution in [0.25, 0.3) is 0 Å². The number of para-hydroxylation sites is 1. The first-order valence-electron chi connectivity index (χ1n) is 5.88. The molecule has 0 bridgehead atoms. The Kier molecular flexibility index (Phi) is 2.16. The van der Waals surface area contributed by atoms with Crippen LogP contribution in [0, 0.1) is 5.92 Å². The number of fused-ring (bicyclic) bond motifs is 1. The molecule has 17 heavy (non-hydrogen) atoms. The molecule has 1 saturated carbocycles. The highest BCUT2D eigenvalue weighted by Crippen LogP contribution is 2.44. The van der Waals surface area contributed by atoms with Gasteiger partial charge in [-0.25, -0.2) is 0 Å². The minimum atomic E-state index is -0.859. The number of hydrogen-bond donors (Lipinski definition) is 3. The van der Waals surface area contributed by atoms with Crippen molar-refractivity contribution >= 4 is 11.7 Å². The summed E-state index contributed by atoms with van der Waals surface area (Å²) in [6.07, 6.45) is 1.49. The number of aliphatic hydroxyl groups is 1. The molecule has 0 radical (unpaired) electrons. The fourth-order valence-corrected chi connectivity index (χ4v) is 2.87. The van der Waals surface area contributed by atoms with Crippen LogP contribution in [0.5, 0.6) is 0 Å². The molecule has 0 saturated heterocycles. The molecular formula is C13H15NO3. The van der Waals surface area contributed by atoms with Gasteiger partial charge in [-0.05, 0) is 30.9 Å². The summed E-state index contributed by atoms with van der Waals surface area (Å²) in [5, 5.41) is 22.5. The summed E-state index contributed by atoms with van der Waals surface area (Å²) in [5.74, 6) is -1.18. The zero-order valence-corrected chi connectivity index (χ0v) is 9.39. The SMILES string of the molecule is O=C(O)C1CC(O)(C2Cc3ccccc3N2)C1. The number of hydrogen-bond acceptors (Lipinski definition) is 3. The van der Waals surface area contributed by atoms with Crippen molar-refractivity contribution < 1.29 is 15.0 Å². The van der Waals surface area contributed by atoms with Gasteiger partial charge in [0.2, 0.25) is 0 Å². The highest BCUT2D eigenvalue weighted by Gasteiger charge is 2.52. The molecule has 0 aromatic heterocycles. The van der Waals surface area contributed by atoms with Gasteiger partial charge in [0.1, 0.15) is 0 Å². The zero-order chi connectivity index (χ0) is 12.0. The highest BCUT2D eigenvalue weighted by atomic mass is 16.4. The third-order valence-electron chi connectivity index (χ3n) is 3.97. The van der Waals surface area contributed by atoms with E-state index in [1.165, 1.54) is 5.56 Å². The third kappa shape index (κ3) is 1.60. The van der Waals surface area contributed by atoms with Crippen LogP contribution in [0.15, 0.2) is 24.3 Å². The highest BCUT2D eigenvalue weighted by molar-refractivity contribution is 5.72. The maximum Gasteiger partial charge on any atom is 0.306 e. The lowest BCUT2D eigenvalue weighted by atomic mass is 9.66. The molecular weight excluding hydrogens is 218 g/mol. The first-order chi connectivity index (χ1) is 8.08. The van der Waals surface area contributed by atoms with Gasteiger partial charge in [0.15, 0.2) is 0 Å². The van der Waals surface area contributed by atoms with Crippen LogP contribution in [0.2, 0.25) is 0 Å². The van der Waals surface area contributed by atoms with Gasteiger partial charge >= 0.3 is 5.97 Å². The fourth-order valence-electron chi connectivity index (χ4n) is 2.87. The first-order valence-corrected chi connectivity index (χ1v) is 5.88. The molecule has 3 rings (SSSR count). The van der Waals surface area contributed by atoms with Crippen molar-refractivity contribution in [3.63, 3.8) is 0 Å². The van der Waals surface area contributed by atoms with Crippen LogP contribution in [0.1, 0.15) is 18.4 Å². The topological polar surface area (TPSA) is 69.6 Å². The number of carbonyl (C=O) groups is 1. The summed E-state index contributed by atoms with van der Waals surface area (Å²) in [6, 6.07) is 7.92. The smallest absolute Gasteiger partial charge is 0.306 e. The quantitative estimate of drug-likeness (QED) is 0.719. The molecule has 1 aromatic rings. The third-order valence-corrected chi connectivity index (χ3v) is 3.97. The molecule has 4 heteroatoms. The average Bonchev–Trinajstić information content (AvgIpc) is 2.68. The molecule has 0 amide bonds. The van der Waals surface area contributed by atoms with Gasteiger partial charge in [0.25, 0.3) is 0 Å². The van der Waals surface area contributed by atoms with E-state index < -0.39 is 11.6 Å². The molecule has 0 spiro atoms. The summed E-state index contributed by atoms with van der Waals surface area (Å²) in [7, 11) is 0. The number of carboxylic acid groups (broad SMARTS) is 1. The molecule has 1 heterocycles. The maximum atomic E-state index is 10.8. The van der Waals surface area contributed by atoms with E-state index in [-0.39, 0.29) is 12.0 Å². The Hall–Kier alpha value is -1.55. The van der Waals surface area contributed by atoms with E-state index >= 15 is 0 Å². The molecule has 1 aliphatic carbocycles. The molecule has 1 aliphatic heterocycles. The van der Waals surface area contributed by atoms with E-state index in [9.17, 15) is 9.90 Å². The van der Waals surface area contributed by atoms with E-state index in [1.807, 2.05) is 24.3 Å². The second-order valence-corrected chi connectivity index (χ2v) is 5.11. The second-order valence-electron chi connectivity index (χ2n) is 5.11. The van der Waals surface area contributed by atoms with Crippen molar-refractivity contribution in [3.05, 3.63) is 29.8 Å². The Morgan fingerprint density at radius 1 is 1.35 bits per heavy atom. The van der Waals surface area contributed by atoms with Crippen LogP contribution in [0.3, 0.4) is 0 Å². The van der Waals surface area contributed by atoms with E-state index in [0.717, 1.165) is 12.1 Å². The molecule has 1 atom stereocenters. The predicted octanol–water partition coefficient (Wildman–Crippen LogP) is 1.25. The first kappa shape index (κ1) is 10.6. The van der Waals surface area contributed by atoms with Crippen LogP contribution in [-0.2, 0) is 11.2 Å². The van der Waals surface area contributed by atoms with Gasteiger partial charge in [-0.15, -0.1) is 0 Å². The predicted molar refractivity (Wildman–Crippen MR) is 62.9 cm³/mol. The Morgan fingerprint density at radius 3 is 2.71 bits per heavy atom. The summed E-state index contributed by atoms with van der Waals surface area (Å²) in [4.78, 5) is 10.8. The number of aliphatic carboxylic acids is 1. The minimum absolute atomic E-state index is 0.0458. The number of benzene rings is 1. The summed E-state index contributed by atoms with van der Waals surface area (Å²) in [5.41, 5.74) is 1.40. The molecule has 4 nitrogen and oxygen atoms in total. The van der Waals surface area contributed by atoms with E-state index in [0.29, 0.717) is 12.8 Å². The summed E-state index contributed by atoms with van der Waals surface area (Å²) in [6.45, 7) is 0. The lowest BCUT2D eigenvalue weighted by Gasteiger charge is -2.45. The van der Waals surface area contributed by atoms with Gasteiger partial charge in [-0.2, -0.15) is 0 Å². The average molecular weight is 233 g/mol. The van der Waals surface area contributed by atoms with Gasteiger partial charge in [0.05, 0.1) is 17.6 Å². The molecule has 2 aliphatic rings. The lowest BCUT2D eigenvalue weighted by Crippen LogP contribution is -2.57. The Bertz CT molecular complexity index is 440. The van der Waals surface area contributed by atoms with E-state index in [2.05, 4.69) is 5.32 Å². The minimum Gasteiger partial charge on any atom is -0.481 e. The molecule has 90 valence electrons. The summed E-state index contributed by atoms with van der Waals surface area (Å²) < 4.78 is 0. The summed E-state index contributed by atoms with van der Waals surface area (Å²) >= 11 is 0. The number of anilines is 1. The van der Waals surface area contributed by atoms with Crippen molar-refractivity contribution in [2.75, 3.05) is 5.32 Å². The number of carboxylic acids is 1. The fraction of sp³-hybridized carbons (Fsp3) is 0.462. The number of rotatable bonds is 2. The molecule has 1 unspecified atom stereocenters. The van der Waals surface area contributed by atoms with Gasteiger partial charge in [-0.1, -0.05) is 18.2 Å². The van der Waals surface area contributed by atoms with Crippen molar-refractivity contribution in [2.45, 2.75) is 30.9 Å².